The van der Waals surface area contributed by atoms with E-state index in [0.29, 0.717) is 0 Å². The second-order valence-corrected chi connectivity index (χ2v) is 4.72. The lowest BCUT2D eigenvalue weighted by Crippen LogP contribution is -1.94. The summed E-state index contributed by atoms with van der Waals surface area (Å²) in [5.41, 5.74) is 8.70. The van der Waals surface area contributed by atoms with Crippen LogP contribution in [-0.2, 0) is 0 Å². The monoisotopic (exact) mass is 287 g/mol. The molecule has 0 amide bonds. The van der Waals surface area contributed by atoms with E-state index in [0.717, 1.165) is 27.1 Å². The molecule has 3 aromatic rings. The summed E-state index contributed by atoms with van der Waals surface area (Å²) in [6.45, 7) is 0. The summed E-state index contributed by atoms with van der Waals surface area (Å²) in [7, 11) is 0. The van der Waals surface area contributed by atoms with Crippen molar-refractivity contribution in [3.8, 4) is 11.4 Å². The molecule has 3 rings (SSSR count). The molecule has 0 atom stereocenters. The van der Waals surface area contributed by atoms with Crippen LogP contribution in [0.5, 0.6) is 0 Å². The van der Waals surface area contributed by atoms with Crippen molar-refractivity contribution in [3.05, 3.63) is 53.3 Å². The van der Waals surface area contributed by atoms with Crippen LogP contribution in [0.4, 0.5) is 5.69 Å². The number of fused-ring (bicyclic) bond motifs is 1. The second kappa shape index (κ2) is 3.89. The molecule has 0 bridgehead atoms. The van der Waals surface area contributed by atoms with E-state index >= 15 is 0 Å². The number of nitrogens with two attached hydrogens (primary N) is 1. The van der Waals surface area contributed by atoms with E-state index in [-0.39, 0.29) is 0 Å². The number of pyridine rings is 1. The Kier molecular flexibility index (Phi) is 2.37. The Bertz CT molecular complexity index is 688. The number of imidazole rings is 1. The summed E-state index contributed by atoms with van der Waals surface area (Å²) in [6, 6.07) is 11.8. The number of rotatable bonds is 1. The third-order valence-electron chi connectivity index (χ3n) is 2.70. The van der Waals surface area contributed by atoms with Gasteiger partial charge in [0.2, 0.25) is 0 Å². The summed E-state index contributed by atoms with van der Waals surface area (Å²) in [5, 5.41) is 0. The first-order valence-electron chi connectivity index (χ1n) is 5.23. The minimum atomic E-state index is 0.739. The minimum absolute atomic E-state index is 0.739. The number of para-hydroxylation sites is 1. The Labute approximate surface area is 107 Å². The van der Waals surface area contributed by atoms with Gasteiger partial charge in [0.05, 0.1) is 11.7 Å². The van der Waals surface area contributed by atoms with Gasteiger partial charge in [-0.3, -0.25) is 4.40 Å². The van der Waals surface area contributed by atoms with E-state index in [4.69, 9.17) is 5.73 Å². The van der Waals surface area contributed by atoms with E-state index < -0.39 is 0 Å². The Balaban J connectivity index is 2.29. The lowest BCUT2D eigenvalue weighted by Gasteiger charge is -2.04. The van der Waals surface area contributed by atoms with E-state index in [1.165, 1.54) is 0 Å². The van der Waals surface area contributed by atoms with Crippen molar-refractivity contribution < 1.29 is 0 Å². The van der Waals surface area contributed by atoms with Gasteiger partial charge < -0.3 is 5.73 Å². The molecule has 0 saturated carbocycles. The van der Waals surface area contributed by atoms with Crippen molar-refractivity contribution in [2.24, 2.45) is 0 Å². The highest BCUT2D eigenvalue weighted by atomic mass is 79.9. The van der Waals surface area contributed by atoms with Gasteiger partial charge in [-0.1, -0.05) is 28.1 Å². The van der Waals surface area contributed by atoms with Crippen LogP contribution in [0.2, 0.25) is 0 Å². The number of halogens is 1. The van der Waals surface area contributed by atoms with Crippen molar-refractivity contribution in [1.29, 1.82) is 0 Å². The Morgan fingerprint density at radius 3 is 2.82 bits per heavy atom. The van der Waals surface area contributed by atoms with Gasteiger partial charge in [-0.2, -0.15) is 0 Å². The normalized spacial score (nSPS) is 10.9. The smallest absolute Gasteiger partial charge is 0.146 e. The zero-order chi connectivity index (χ0) is 11.8. The fourth-order valence-electron chi connectivity index (χ4n) is 1.87. The van der Waals surface area contributed by atoms with E-state index in [1.54, 1.807) is 0 Å². The highest BCUT2D eigenvalue weighted by molar-refractivity contribution is 9.10. The first-order chi connectivity index (χ1) is 8.25. The maximum absolute atomic E-state index is 5.97. The lowest BCUT2D eigenvalue weighted by molar-refractivity contribution is 1.16. The predicted octanol–water partition coefficient (Wildman–Crippen LogP) is 3.35. The molecule has 1 aromatic carbocycles. The Hall–Kier alpha value is -1.81. The number of anilines is 1. The number of benzene rings is 1. The molecule has 0 unspecified atom stereocenters. The molecule has 2 heterocycles. The predicted molar refractivity (Wildman–Crippen MR) is 72.7 cm³/mol. The quantitative estimate of drug-likeness (QED) is 0.698. The van der Waals surface area contributed by atoms with Gasteiger partial charge in [0.25, 0.3) is 0 Å². The van der Waals surface area contributed by atoms with Gasteiger partial charge in [0, 0.05) is 21.9 Å². The molecule has 4 heteroatoms. The zero-order valence-corrected chi connectivity index (χ0v) is 10.6. The Morgan fingerprint density at radius 1 is 1.18 bits per heavy atom. The number of nitrogens with zero attached hydrogens (tertiary/aromatic N) is 2. The maximum atomic E-state index is 5.97. The SMILES string of the molecule is Nc1ccccc1-c1ncc2cc(Br)ccn12. The van der Waals surface area contributed by atoms with Crippen molar-refractivity contribution in [3.63, 3.8) is 0 Å². The third kappa shape index (κ3) is 1.70. The molecule has 0 spiro atoms. The van der Waals surface area contributed by atoms with Crippen LogP contribution in [0.1, 0.15) is 0 Å². The molecule has 0 fully saturated rings. The molecule has 2 aromatic heterocycles. The van der Waals surface area contributed by atoms with Gasteiger partial charge >= 0.3 is 0 Å². The van der Waals surface area contributed by atoms with Gasteiger partial charge in [-0.05, 0) is 24.3 Å². The maximum Gasteiger partial charge on any atom is 0.146 e. The van der Waals surface area contributed by atoms with Gasteiger partial charge in [-0.25, -0.2) is 4.98 Å². The molecule has 0 saturated heterocycles. The molecule has 2 N–H and O–H groups in total. The van der Waals surface area contributed by atoms with Gasteiger partial charge in [0.15, 0.2) is 0 Å². The molecule has 0 radical (unpaired) electrons. The van der Waals surface area contributed by atoms with E-state index in [9.17, 15) is 0 Å². The minimum Gasteiger partial charge on any atom is -0.398 e. The first-order valence-corrected chi connectivity index (χ1v) is 6.02. The Morgan fingerprint density at radius 2 is 2.00 bits per heavy atom. The van der Waals surface area contributed by atoms with Gasteiger partial charge in [-0.15, -0.1) is 0 Å². The average molecular weight is 288 g/mol. The fourth-order valence-corrected chi connectivity index (χ4v) is 2.23. The highest BCUT2D eigenvalue weighted by Crippen LogP contribution is 2.26. The van der Waals surface area contributed by atoms with Crippen molar-refractivity contribution in [1.82, 2.24) is 9.38 Å². The number of nitrogen functional groups attached to an aromatic ring is 1. The summed E-state index contributed by atoms with van der Waals surface area (Å²) >= 11 is 3.45. The fraction of sp³-hybridized carbons (Fsp3) is 0. The van der Waals surface area contributed by atoms with Crippen LogP contribution in [0.25, 0.3) is 16.9 Å². The standard InChI is InChI=1S/C13H10BrN3/c14-9-5-6-17-10(7-9)8-16-13(17)11-3-1-2-4-12(11)15/h1-8H,15H2. The van der Waals surface area contributed by atoms with Crippen LogP contribution in [-0.4, -0.2) is 9.38 Å². The van der Waals surface area contributed by atoms with E-state index in [1.807, 2.05) is 53.2 Å². The summed E-state index contributed by atoms with van der Waals surface area (Å²) in [6.07, 6.45) is 3.82. The molecule has 17 heavy (non-hydrogen) atoms. The zero-order valence-electron chi connectivity index (χ0n) is 8.97. The van der Waals surface area contributed by atoms with Crippen molar-refractivity contribution in [2.75, 3.05) is 5.73 Å². The highest BCUT2D eigenvalue weighted by Gasteiger charge is 2.08. The number of aromatic nitrogens is 2. The number of hydrogen-bond donors (Lipinski definition) is 1. The van der Waals surface area contributed by atoms with Gasteiger partial charge in [0.1, 0.15) is 5.82 Å². The molecule has 3 nitrogen and oxygen atoms in total. The van der Waals surface area contributed by atoms with Crippen LogP contribution in [0, 0.1) is 0 Å². The summed E-state index contributed by atoms with van der Waals surface area (Å²) in [4.78, 5) is 4.43. The van der Waals surface area contributed by atoms with Crippen molar-refractivity contribution in [2.45, 2.75) is 0 Å². The second-order valence-electron chi connectivity index (χ2n) is 3.81. The van der Waals surface area contributed by atoms with Crippen LogP contribution in [0.15, 0.2) is 53.3 Å². The van der Waals surface area contributed by atoms with Crippen LogP contribution < -0.4 is 5.73 Å². The lowest BCUT2D eigenvalue weighted by atomic mass is 10.2. The summed E-state index contributed by atoms with van der Waals surface area (Å²) < 4.78 is 3.06. The molecule has 84 valence electrons. The topological polar surface area (TPSA) is 43.3 Å². The summed E-state index contributed by atoms with van der Waals surface area (Å²) in [5.74, 6) is 0.866. The molecule has 0 aliphatic heterocycles. The first kappa shape index (κ1) is 10.4. The largest absolute Gasteiger partial charge is 0.398 e. The average Bonchev–Trinajstić information content (AvgIpc) is 2.72. The third-order valence-corrected chi connectivity index (χ3v) is 3.19. The van der Waals surface area contributed by atoms with Crippen LogP contribution in [0.3, 0.4) is 0 Å². The number of hydrogen-bond acceptors (Lipinski definition) is 2. The van der Waals surface area contributed by atoms with Crippen LogP contribution >= 0.6 is 15.9 Å². The molecule has 0 aliphatic rings. The van der Waals surface area contributed by atoms with E-state index in [2.05, 4.69) is 20.9 Å². The van der Waals surface area contributed by atoms with Crippen molar-refractivity contribution >= 4 is 27.1 Å². The molecular formula is C13H10BrN3. The molecule has 0 aliphatic carbocycles. The molecular weight excluding hydrogens is 278 g/mol.